The van der Waals surface area contributed by atoms with Crippen LogP contribution in [0.15, 0.2) is 36.4 Å². The minimum absolute atomic E-state index is 0.165. The molecule has 21 heavy (non-hydrogen) atoms. The quantitative estimate of drug-likeness (QED) is 0.657. The minimum atomic E-state index is -1.35. The van der Waals surface area contributed by atoms with E-state index in [2.05, 4.69) is 37.1 Å². The van der Waals surface area contributed by atoms with E-state index in [0.717, 1.165) is 11.6 Å². The molecule has 1 nitrogen and oxygen atoms in total. The Balaban J connectivity index is 2.10. The van der Waals surface area contributed by atoms with Crippen LogP contribution in [-0.2, 0) is 6.54 Å². The van der Waals surface area contributed by atoms with Crippen molar-refractivity contribution in [2.45, 2.75) is 26.2 Å². The van der Waals surface area contributed by atoms with Crippen molar-refractivity contribution in [3.05, 3.63) is 59.4 Å². The number of halogens is 3. The van der Waals surface area contributed by atoms with Crippen LogP contribution in [0.3, 0.4) is 0 Å². The Hall–Kier alpha value is -1.75. The van der Waals surface area contributed by atoms with Gasteiger partial charge in [-0.1, -0.05) is 49.1 Å². The molecule has 0 aromatic heterocycles. The highest BCUT2D eigenvalue weighted by molar-refractivity contribution is 6.88. The Morgan fingerprint density at radius 2 is 1.57 bits per heavy atom. The molecular formula is C16H18F3NSi. The zero-order valence-corrected chi connectivity index (χ0v) is 13.3. The molecule has 0 aliphatic rings. The fourth-order valence-corrected chi connectivity index (χ4v) is 3.17. The van der Waals surface area contributed by atoms with Crippen LogP contribution in [0, 0.1) is 17.5 Å². The van der Waals surface area contributed by atoms with Crippen LogP contribution in [0.4, 0.5) is 18.9 Å². The molecule has 0 unspecified atom stereocenters. The number of anilines is 1. The minimum Gasteiger partial charge on any atom is -0.378 e. The molecule has 2 aromatic carbocycles. The Bertz CT molecular complexity index is 633. The molecule has 0 saturated carbocycles. The fraction of sp³-hybridized carbons (Fsp3) is 0.250. The van der Waals surface area contributed by atoms with Gasteiger partial charge >= 0.3 is 0 Å². The van der Waals surface area contributed by atoms with Gasteiger partial charge in [-0.25, -0.2) is 13.2 Å². The summed E-state index contributed by atoms with van der Waals surface area (Å²) in [6, 6.07) is 9.51. The molecule has 112 valence electrons. The molecule has 0 aliphatic carbocycles. The molecule has 2 aromatic rings. The predicted molar refractivity (Wildman–Crippen MR) is 83.1 cm³/mol. The normalized spacial score (nSPS) is 11.5. The smallest absolute Gasteiger partial charge is 0.182 e. The van der Waals surface area contributed by atoms with Crippen molar-refractivity contribution in [1.82, 2.24) is 0 Å². The van der Waals surface area contributed by atoms with E-state index in [1.807, 2.05) is 12.1 Å². The summed E-state index contributed by atoms with van der Waals surface area (Å²) in [5, 5.41) is 4.05. The molecule has 5 heteroatoms. The van der Waals surface area contributed by atoms with Crippen LogP contribution < -0.4 is 10.5 Å². The van der Waals surface area contributed by atoms with E-state index in [1.165, 1.54) is 5.19 Å². The van der Waals surface area contributed by atoms with Gasteiger partial charge in [0.2, 0.25) is 0 Å². The zero-order chi connectivity index (χ0) is 15.6. The maximum atomic E-state index is 13.5. The summed E-state index contributed by atoms with van der Waals surface area (Å²) in [5.41, 5.74) is 0.767. The maximum absolute atomic E-state index is 13.5. The zero-order valence-electron chi connectivity index (χ0n) is 12.3. The van der Waals surface area contributed by atoms with Gasteiger partial charge in [0.1, 0.15) is 5.82 Å². The summed E-state index contributed by atoms with van der Waals surface area (Å²) in [7, 11) is -1.35. The van der Waals surface area contributed by atoms with Crippen molar-refractivity contribution in [1.29, 1.82) is 0 Å². The lowest BCUT2D eigenvalue weighted by molar-refractivity contribution is 0.497. The molecule has 2 rings (SSSR count). The third kappa shape index (κ3) is 3.88. The van der Waals surface area contributed by atoms with Crippen molar-refractivity contribution in [3.63, 3.8) is 0 Å². The standard InChI is InChI=1S/C16H18F3NSi/c1-21(2,3)13-6-4-11(5-7-13)10-20-15-9-12(17)8-14(18)16(15)19/h4-9,20H,10H2,1-3H3. The summed E-state index contributed by atoms with van der Waals surface area (Å²) in [6.07, 6.45) is 0. The van der Waals surface area contributed by atoms with Gasteiger partial charge in [-0.3, -0.25) is 0 Å². The van der Waals surface area contributed by atoms with Gasteiger partial charge < -0.3 is 5.32 Å². The first-order chi connectivity index (χ1) is 9.77. The highest BCUT2D eigenvalue weighted by Crippen LogP contribution is 2.19. The SMILES string of the molecule is C[Si](C)(C)c1ccc(CNc2cc(F)cc(F)c2F)cc1. The summed E-state index contributed by atoms with van der Waals surface area (Å²) in [6.45, 7) is 7.08. The number of hydrogen-bond acceptors (Lipinski definition) is 1. The van der Waals surface area contributed by atoms with E-state index in [1.54, 1.807) is 0 Å². The van der Waals surface area contributed by atoms with Crippen LogP contribution in [0.2, 0.25) is 19.6 Å². The first-order valence-corrected chi connectivity index (χ1v) is 10.3. The lowest BCUT2D eigenvalue weighted by Crippen LogP contribution is -2.37. The van der Waals surface area contributed by atoms with Gasteiger partial charge in [-0.15, -0.1) is 0 Å². The highest BCUT2D eigenvalue weighted by Gasteiger charge is 2.15. The second-order valence-electron chi connectivity index (χ2n) is 6.05. The topological polar surface area (TPSA) is 12.0 Å². The van der Waals surface area contributed by atoms with Crippen LogP contribution in [0.25, 0.3) is 0 Å². The van der Waals surface area contributed by atoms with Gasteiger partial charge in [0.05, 0.1) is 13.8 Å². The number of nitrogens with one attached hydrogen (secondary N) is 1. The van der Waals surface area contributed by atoms with Crippen molar-refractivity contribution in [3.8, 4) is 0 Å². The van der Waals surface area contributed by atoms with Crippen molar-refractivity contribution in [2.75, 3.05) is 5.32 Å². The van der Waals surface area contributed by atoms with Crippen LogP contribution >= 0.6 is 0 Å². The second kappa shape index (κ2) is 5.93. The first-order valence-electron chi connectivity index (χ1n) is 6.75. The number of rotatable bonds is 4. The third-order valence-electron chi connectivity index (χ3n) is 3.30. The summed E-state index contributed by atoms with van der Waals surface area (Å²) in [4.78, 5) is 0. The molecular weight excluding hydrogens is 291 g/mol. The highest BCUT2D eigenvalue weighted by atomic mass is 28.3. The Labute approximate surface area is 123 Å². The molecule has 0 fully saturated rings. The molecule has 0 amide bonds. The number of benzene rings is 2. The molecule has 0 aliphatic heterocycles. The van der Waals surface area contributed by atoms with E-state index in [0.29, 0.717) is 12.6 Å². The summed E-state index contributed by atoms with van der Waals surface area (Å²) in [5.74, 6) is -3.05. The van der Waals surface area contributed by atoms with Crippen LogP contribution in [-0.4, -0.2) is 8.07 Å². The van der Waals surface area contributed by atoms with Crippen LogP contribution in [0.1, 0.15) is 5.56 Å². The van der Waals surface area contributed by atoms with E-state index in [-0.39, 0.29) is 5.69 Å². The van der Waals surface area contributed by atoms with Gasteiger partial charge in [-0.05, 0) is 5.56 Å². The van der Waals surface area contributed by atoms with Gasteiger partial charge in [0.25, 0.3) is 0 Å². The van der Waals surface area contributed by atoms with E-state index < -0.39 is 25.5 Å². The first kappa shape index (κ1) is 15.6. The van der Waals surface area contributed by atoms with E-state index in [9.17, 15) is 13.2 Å². The summed E-state index contributed by atoms with van der Waals surface area (Å²) >= 11 is 0. The van der Waals surface area contributed by atoms with Crippen molar-refractivity contribution >= 4 is 18.9 Å². The molecule has 0 spiro atoms. The summed E-state index contributed by atoms with van der Waals surface area (Å²) < 4.78 is 39.7. The van der Waals surface area contributed by atoms with Gasteiger partial charge in [-0.2, -0.15) is 0 Å². The monoisotopic (exact) mass is 309 g/mol. The molecule has 0 saturated heterocycles. The predicted octanol–water partition coefficient (Wildman–Crippen LogP) is 4.26. The average Bonchev–Trinajstić information content (AvgIpc) is 2.40. The van der Waals surface area contributed by atoms with Crippen molar-refractivity contribution < 1.29 is 13.2 Å². The second-order valence-corrected chi connectivity index (χ2v) is 11.1. The Kier molecular flexibility index (Phi) is 4.42. The molecule has 1 N–H and O–H groups in total. The Morgan fingerprint density at radius 3 is 2.14 bits per heavy atom. The van der Waals surface area contributed by atoms with Crippen molar-refractivity contribution in [2.24, 2.45) is 0 Å². The van der Waals surface area contributed by atoms with Gasteiger partial charge in [0.15, 0.2) is 11.6 Å². The molecule has 0 bridgehead atoms. The van der Waals surface area contributed by atoms with E-state index >= 15 is 0 Å². The number of hydrogen-bond donors (Lipinski definition) is 1. The average molecular weight is 309 g/mol. The lowest BCUT2D eigenvalue weighted by atomic mass is 10.2. The maximum Gasteiger partial charge on any atom is 0.182 e. The molecule has 0 radical (unpaired) electrons. The van der Waals surface area contributed by atoms with Gasteiger partial charge in [0, 0.05) is 18.7 Å². The third-order valence-corrected chi connectivity index (χ3v) is 5.36. The lowest BCUT2D eigenvalue weighted by Gasteiger charge is -2.17. The Morgan fingerprint density at radius 1 is 0.952 bits per heavy atom. The molecule has 0 heterocycles. The largest absolute Gasteiger partial charge is 0.378 e. The van der Waals surface area contributed by atoms with Crippen LogP contribution in [0.5, 0.6) is 0 Å². The fourth-order valence-electron chi connectivity index (χ4n) is 2.00. The van der Waals surface area contributed by atoms with E-state index in [4.69, 9.17) is 0 Å². The molecule has 0 atom stereocenters.